The summed E-state index contributed by atoms with van der Waals surface area (Å²) in [5.41, 5.74) is 2.71. The Morgan fingerprint density at radius 3 is 2.35 bits per heavy atom. The zero-order valence-electron chi connectivity index (χ0n) is 17.7. The second-order valence-corrected chi connectivity index (χ2v) is 7.91. The third-order valence-corrected chi connectivity index (χ3v) is 6.20. The predicted octanol–water partition coefficient (Wildman–Crippen LogP) is 4.89. The predicted molar refractivity (Wildman–Crippen MR) is 118 cm³/mol. The molecule has 2 aromatic carbocycles. The number of allylic oxidation sites excluding steroid dienone is 2. The minimum atomic E-state index is -0.427. The molecule has 7 heteroatoms. The van der Waals surface area contributed by atoms with E-state index in [0.29, 0.717) is 52.8 Å². The van der Waals surface area contributed by atoms with Gasteiger partial charge in [0.25, 0.3) is 0 Å². The van der Waals surface area contributed by atoms with Crippen molar-refractivity contribution in [2.75, 3.05) is 26.2 Å². The minimum Gasteiger partial charge on any atom is -0.493 e. The fourth-order valence-electron chi connectivity index (χ4n) is 4.57. The van der Waals surface area contributed by atoms with Crippen LogP contribution in [-0.4, -0.2) is 33.0 Å². The number of carbonyl (C=O) groups excluding carboxylic acids is 2. The van der Waals surface area contributed by atoms with Crippen LogP contribution < -0.4 is 19.1 Å². The van der Waals surface area contributed by atoms with Crippen LogP contribution in [0.1, 0.15) is 37.2 Å². The maximum absolute atomic E-state index is 13.4. The van der Waals surface area contributed by atoms with Gasteiger partial charge in [-0.25, -0.2) is 0 Å². The first-order valence-electron chi connectivity index (χ1n) is 10.1. The standard InChI is InChI=1S/C24H24ClNO5/c1-29-20-12-11-14(23(30-2)24(20)31-3)15-13-21(28)26(17-8-5-4-7-16(17)25)18-9-6-10-19(27)22(15)18/h4-5,7-8,11-12,15H,6,9-10,13H2,1-3H3. The van der Waals surface area contributed by atoms with Crippen LogP contribution in [0.5, 0.6) is 17.2 Å². The molecule has 1 aliphatic heterocycles. The Bertz CT molecular complexity index is 1080. The molecule has 0 N–H and O–H groups in total. The van der Waals surface area contributed by atoms with Crippen LogP contribution in [0.4, 0.5) is 5.69 Å². The first-order chi connectivity index (χ1) is 15.0. The highest BCUT2D eigenvalue weighted by Crippen LogP contribution is 2.50. The molecule has 6 nitrogen and oxygen atoms in total. The van der Waals surface area contributed by atoms with E-state index < -0.39 is 5.92 Å². The Labute approximate surface area is 186 Å². The van der Waals surface area contributed by atoms with E-state index in [-0.39, 0.29) is 18.1 Å². The number of anilines is 1. The van der Waals surface area contributed by atoms with Crippen LogP contribution in [-0.2, 0) is 9.59 Å². The fourth-order valence-corrected chi connectivity index (χ4v) is 4.79. The van der Waals surface area contributed by atoms with E-state index >= 15 is 0 Å². The van der Waals surface area contributed by atoms with E-state index in [1.807, 2.05) is 18.2 Å². The number of Topliss-reactive ketones (excluding diaryl/α,β-unsaturated/α-hetero) is 1. The maximum Gasteiger partial charge on any atom is 0.232 e. The Balaban J connectivity index is 1.92. The molecule has 31 heavy (non-hydrogen) atoms. The average molecular weight is 442 g/mol. The zero-order chi connectivity index (χ0) is 22.1. The molecule has 0 spiro atoms. The first-order valence-corrected chi connectivity index (χ1v) is 10.5. The van der Waals surface area contributed by atoms with E-state index in [2.05, 4.69) is 0 Å². The Kier molecular flexibility index (Phi) is 5.92. The number of benzene rings is 2. The number of amides is 1. The molecule has 1 aliphatic carbocycles. The topological polar surface area (TPSA) is 65.1 Å². The van der Waals surface area contributed by atoms with Crippen molar-refractivity contribution >= 4 is 29.0 Å². The summed E-state index contributed by atoms with van der Waals surface area (Å²) in [5.74, 6) is 0.942. The number of nitrogens with zero attached hydrogens (tertiary/aromatic N) is 1. The van der Waals surface area contributed by atoms with Gasteiger partial charge in [0.15, 0.2) is 17.3 Å². The molecule has 0 radical (unpaired) electrons. The number of ketones is 1. The fraction of sp³-hybridized carbons (Fsp3) is 0.333. The van der Waals surface area contributed by atoms with Gasteiger partial charge in [-0.2, -0.15) is 0 Å². The van der Waals surface area contributed by atoms with Crippen molar-refractivity contribution in [3.63, 3.8) is 0 Å². The summed E-state index contributed by atoms with van der Waals surface area (Å²) >= 11 is 6.41. The van der Waals surface area contributed by atoms with E-state index in [1.54, 1.807) is 37.3 Å². The highest BCUT2D eigenvalue weighted by molar-refractivity contribution is 6.34. The molecule has 1 amide bonds. The number of hydrogen-bond acceptors (Lipinski definition) is 5. The summed E-state index contributed by atoms with van der Waals surface area (Å²) < 4.78 is 16.6. The number of halogens is 1. The SMILES string of the molecule is COc1ccc(C2CC(=O)N(c3ccccc3Cl)C3=C2C(=O)CCC3)c(OC)c1OC. The monoisotopic (exact) mass is 441 g/mol. The average Bonchev–Trinajstić information content (AvgIpc) is 2.78. The van der Waals surface area contributed by atoms with Crippen molar-refractivity contribution in [2.24, 2.45) is 0 Å². The number of methoxy groups -OCH3 is 3. The van der Waals surface area contributed by atoms with E-state index in [9.17, 15) is 9.59 Å². The van der Waals surface area contributed by atoms with Gasteiger partial charge < -0.3 is 14.2 Å². The van der Waals surface area contributed by atoms with Crippen LogP contribution in [0, 0.1) is 0 Å². The normalized spacial score (nSPS) is 18.7. The third kappa shape index (κ3) is 3.55. The van der Waals surface area contributed by atoms with Gasteiger partial charge >= 0.3 is 0 Å². The van der Waals surface area contributed by atoms with Crippen LogP contribution in [0.3, 0.4) is 0 Å². The quantitative estimate of drug-likeness (QED) is 0.660. The molecule has 0 saturated carbocycles. The lowest BCUT2D eigenvalue weighted by Crippen LogP contribution is -2.40. The Hall–Kier alpha value is -2.99. The molecule has 0 fully saturated rings. The van der Waals surface area contributed by atoms with Crippen molar-refractivity contribution in [3.05, 3.63) is 58.3 Å². The van der Waals surface area contributed by atoms with Crippen LogP contribution in [0.15, 0.2) is 47.7 Å². The number of carbonyl (C=O) groups is 2. The van der Waals surface area contributed by atoms with Gasteiger partial charge in [-0.05, 0) is 31.0 Å². The molecule has 1 unspecified atom stereocenters. The van der Waals surface area contributed by atoms with Crippen LogP contribution >= 0.6 is 11.6 Å². The molecule has 0 bridgehead atoms. The zero-order valence-corrected chi connectivity index (χ0v) is 18.5. The highest BCUT2D eigenvalue weighted by atomic mass is 35.5. The number of para-hydroxylation sites is 1. The van der Waals surface area contributed by atoms with Gasteiger partial charge in [-0.3, -0.25) is 14.5 Å². The van der Waals surface area contributed by atoms with Crippen molar-refractivity contribution in [3.8, 4) is 17.2 Å². The summed E-state index contributed by atoms with van der Waals surface area (Å²) in [6.45, 7) is 0. The second kappa shape index (κ2) is 8.63. The van der Waals surface area contributed by atoms with Crippen molar-refractivity contribution in [2.45, 2.75) is 31.6 Å². The summed E-state index contributed by atoms with van der Waals surface area (Å²) in [6, 6.07) is 10.8. The lowest BCUT2D eigenvalue weighted by Gasteiger charge is -2.39. The summed E-state index contributed by atoms with van der Waals surface area (Å²) in [7, 11) is 4.62. The molecular weight excluding hydrogens is 418 g/mol. The summed E-state index contributed by atoms with van der Waals surface area (Å²) in [4.78, 5) is 28.2. The van der Waals surface area contributed by atoms with Gasteiger partial charge in [0.2, 0.25) is 11.7 Å². The second-order valence-electron chi connectivity index (χ2n) is 7.50. The van der Waals surface area contributed by atoms with Gasteiger partial charge in [0.1, 0.15) is 0 Å². The van der Waals surface area contributed by atoms with Crippen molar-refractivity contribution in [1.29, 1.82) is 0 Å². The van der Waals surface area contributed by atoms with Gasteiger partial charge in [-0.1, -0.05) is 29.8 Å². The molecule has 0 aromatic heterocycles. The minimum absolute atomic E-state index is 0.0487. The van der Waals surface area contributed by atoms with Crippen molar-refractivity contribution < 1.29 is 23.8 Å². The summed E-state index contributed by atoms with van der Waals surface area (Å²) in [5, 5.41) is 0.475. The molecular formula is C24H24ClNO5. The largest absolute Gasteiger partial charge is 0.493 e. The van der Waals surface area contributed by atoms with Crippen LogP contribution in [0.25, 0.3) is 0 Å². The maximum atomic E-state index is 13.4. The van der Waals surface area contributed by atoms with E-state index in [1.165, 1.54) is 7.11 Å². The number of ether oxygens (including phenoxy) is 3. The number of rotatable bonds is 5. The molecule has 4 rings (SSSR count). The van der Waals surface area contributed by atoms with Gasteiger partial charge in [-0.15, -0.1) is 0 Å². The molecule has 2 aromatic rings. The smallest absolute Gasteiger partial charge is 0.232 e. The molecule has 2 aliphatic rings. The molecule has 1 heterocycles. The summed E-state index contributed by atoms with van der Waals surface area (Å²) in [6.07, 6.45) is 1.91. The lowest BCUT2D eigenvalue weighted by atomic mass is 9.76. The Morgan fingerprint density at radius 2 is 1.68 bits per heavy atom. The van der Waals surface area contributed by atoms with E-state index in [0.717, 1.165) is 11.3 Å². The van der Waals surface area contributed by atoms with E-state index in [4.69, 9.17) is 25.8 Å². The number of hydrogen-bond donors (Lipinski definition) is 0. The van der Waals surface area contributed by atoms with Crippen LogP contribution in [0.2, 0.25) is 5.02 Å². The first kappa shape index (κ1) is 21.2. The van der Waals surface area contributed by atoms with Crippen molar-refractivity contribution in [1.82, 2.24) is 0 Å². The van der Waals surface area contributed by atoms with Gasteiger partial charge in [0, 0.05) is 35.6 Å². The van der Waals surface area contributed by atoms with Gasteiger partial charge in [0.05, 0.1) is 32.0 Å². The lowest BCUT2D eigenvalue weighted by molar-refractivity contribution is -0.119. The molecule has 162 valence electrons. The highest BCUT2D eigenvalue weighted by Gasteiger charge is 2.41. The Morgan fingerprint density at radius 1 is 0.935 bits per heavy atom. The molecule has 0 saturated heterocycles. The molecule has 1 atom stereocenters. The third-order valence-electron chi connectivity index (χ3n) is 5.88.